The summed E-state index contributed by atoms with van der Waals surface area (Å²) in [5, 5.41) is 11.3. The quantitative estimate of drug-likeness (QED) is 0.545. The van der Waals surface area contributed by atoms with Crippen molar-refractivity contribution >= 4 is 39.3 Å². The second-order valence-electron chi connectivity index (χ2n) is 4.92. The molecule has 0 amide bonds. The first-order valence-electron chi connectivity index (χ1n) is 7.06. The van der Waals surface area contributed by atoms with E-state index in [9.17, 15) is 9.59 Å². The first-order chi connectivity index (χ1) is 11.1. The molecule has 0 radical (unpaired) electrons. The molecule has 7 heteroatoms. The van der Waals surface area contributed by atoms with Gasteiger partial charge >= 0.3 is 5.97 Å². The van der Waals surface area contributed by atoms with Gasteiger partial charge in [0.15, 0.2) is 5.16 Å². The number of nitrogens with one attached hydrogen (secondary N) is 1. The van der Waals surface area contributed by atoms with E-state index in [-0.39, 0.29) is 5.56 Å². The van der Waals surface area contributed by atoms with Crippen molar-refractivity contribution in [3.8, 4) is 11.1 Å². The highest BCUT2D eigenvalue weighted by Gasteiger charge is 2.19. The van der Waals surface area contributed by atoms with Crippen LogP contribution in [0.4, 0.5) is 0 Å². The van der Waals surface area contributed by atoms with Crippen LogP contribution in [0.1, 0.15) is 13.3 Å². The van der Waals surface area contributed by atoms with Crippen LogP contribution < -0.4 is 5.56 Å². The molecule has 0 fully saturated rings. The number of carbonyl (C=O) groups is 1. The lowest BCUT2D eigenvalue weighted by molar-refractivity contribution is -0.136. The number of carboxylic acid groups (broad SMARTS) is 1. The maximum atomic E-state index is 12.4. The smallest absolute Gasteiger partial charge is 0.317 e. The zero-order valence-corrected chi connectivity index (χ0v) is 13.9. The van der Waals surface area contributed by atoms with Crippen LogP contribution in [-0.2, 0) is 4.79 Å². The van der Waals surface area contributed by atoms with Crippen LogP contribution in [-0.4, -0.2) is 26.3 Å². The van der Waals surface area contributed by atoms with E-state index in [1.807, 2.05) is 35.7 Å². The first-order valence-corrected chi connectivity index (χ1v) is 8.82. The zero-order valence-electron chi connectivity index (χ0n) is 12.3. The van der Waals surface area contributed by atoms with Gasteiger partial charge in [0.2, 0.25) is 0 Å². The number of aliphatic carboxylic acids is 1. The van der Waals surface area contributed by atoms with Gasteiger partial charge in [-0.25, -0.2) is 4.98 Å². The SMILES string of the molecule is CCC(Sc1nc2scc(-c3ccccc3)c2c(=O)[nH]1)C(=O)O. The Morgan fingerprint density at radius 2 is 2.13 bits per heavy atom. The third-order valence-corrected chi connectivity index (χ3v) is 5.52. The van der Waals surface area contributed by atoms with Crippen LogP contribution in [0.3, 0.4) is 0 Å². The van der Waals surface area contributed by atoms with Gasteiger partial charge in [0.25, 0.3) is 5.56 Å². The molecule has 3 aromatic rings. The van der Waals surface area contributed by atoms with Crippen molar-refractivity contribution < 1.29 is 9.90 Å². The average Bonchev–Trinajstić information content (AvgIpc) is 2.97. The van der Waals surface area contributed by atoms with E-state index in [0.717, 1.165) is 22.9 Å². The van der Waals surface area contributed by atoms with Gasteiger partial charge in [-0.2, -0.15) is 0 Å². The summed E-state index contributed by atoms with van der Waals surface area (Å²) in [6.45, 7) is 1.79. The highest BCUT2D eigenvalue weighted by Crippen LogP contribution is 2.32. The summed E-state index contributed by atoms with van der Waals surface area (Å²) in [6, 6.07) is 9.65. The number of rotatable bonds is 5. The van der Waals surface area contributed by atoms with Crippen LogP contribution in [0.5, 0.6) is 0 Å². The number of nitrogens with zero attached hydrogens (tertiary/aromatic N) is 1. The standard InChI is InChI=1S/C16H14N2O3S2/c1-2-11(15(20)21)23-16-17-13(19)12-10(8-22-14(12)18-16)9-6-4-3-5-7-9/h3-8,11H,2H2,1H3,(H,20,21)(H,17,18,19). The molecule has 0 aliphatic carbocycles. The molecule has 0 aliphatic rings. The van der Waals surface area contributed by atoms with Gasteiger partial charge in [-0.05, 0) is 12.0 Å². The Kier molecular flexibility index (Phi) is 4.49. The number of aromatic nitrogens is 2. The summed E-state index contributed by atoms with van der Waals surface area (Å²) in [4.78, 5) is 31.3. The third-order valence-electron chi connectivity index (χ3n) is 3.41. The van der Waals surface area contributed by atoms with Crippen LogP contribution >= 0.6 is 23.1 Å². The number of benzene rings is 1. The molecule has 5 nitrogen and oxygen atoms in total. The van der Waals surface area contributed by atoms with E-state index < -0.39 is 11.2 Å². The van der Waals surface area contributed by atoms with Crippen molar-refractivity contribution in [2.24, 2.45) is 0 Å². The fourth-order valence-electron chi connectivity index (χ4n) is 2.26. The van der Waals surface area contributed by atoms with Gasteiger partial charge in [0, 0.05) is 10.9 Å². The minimum atomic E-state index is -0.906. The highest BCUT2D eigenvalue weighted by atomic mass is 32.2. The number of H-pyrrole nitrogens is 1. The second-order valence-corrected chi connectivity index (χ2v) is 6.97. The van der Waals surface area contributed by atoms with E-state index in [4.69, 9.17) is 5.11 Å². The number of carboxylic acids is 1. The van der Waals surface area contributed by atoms with Gasteiger partial charge in [0.1, 0.15) is 10.1 Å². The van der Waals surface area contributed by atoms with Crippen molar-refractivity contribution in [3.05, 3.63) is 46.1 Å². The van der Waals surface area contributed by atoms with Crippen LogP contribution in [0.2, 0.25) is 0 Å². The fourth-order valence-corrected chi connectivity index (χ4v) is 4.10. The molecular formula is C16H14N2O3S2. The summed E-state index contributed by atoms with van der Waals surface area (Å²) in [5.74, 6) is -0.906. The van der Waals surface area contributed by atoms with Crippen molar-refractivity contribution in [3.63, 3.8) is 0 Å². The van der Waals surface area contributed by atoms with Crippen molar-refractivity contribution in [2.75, 3.05) is 0 Å². The molecule has 118 valence electrons. The van der Waals surface area contributed by atoms with E-state index >= 15 is 0 Å². The molecular weight excluding hydrogens is 332 g/mol. The normalized spacial score (nSPS) is 12.4. The molecule has 1 atom stereocenters. The molecule has 0 saturated carbocycles. The third kappa shape index (κ3) is 3.16. The summed E-state index contributed by atoms with van der Waals surface area (Å²) < 4.78 is 0. The molecule has 2 N–H and O–H groups in total. The Morgan fingerprint density at radius 1 is 1.39 bits per heavy atom. The van der Waals surface area contributed by atoms with Gasteiger partial charge in [-0.15, -0.1) is 11.3 Å². The van der Waals surface area contributed by atoms with Gasteiger partial charge in [-0.3, -0.25) is 9.59 Å². The van der Waals surface area contributed by atoms with Crippen LogP contribution in [0.15, 0.2) is 45.7 Å². The van der Waals surface area contributed by atoms with Crippen molar-refractivity contribution in [1.29, 1.82) is 0 Å². The molecule has 1 aromatic carbocycles. The van der Waals surface area contributed by atoms with Gasteiger partial charge < -0.3 is 10.1 Å². The summed E-state index contributed by atoms with van der Waals surface area (Å²) >= 11 is 2.46. The first kappa shape index (κ1) is 15.8. The molecule has 0 aliphatic heterocycles. The monoisotopic (exact) mass is 346 g/mol. The largest absolute Gasteiger partial charge is 0.480 e. The minimum Gasteiger partial charge on any atom is -0.480 e. The topological polar surface area (TPSA) is 83.0 Å². The Morgan fingerprint density at radius 3 is 2.78 bits per heavy atom. The van der Waals surface area contributed by atoms with E-state index in [1.54, 1.807) is 6.92 Å². The summed E-state index contributed by atoms with van der Waals surface area (Å²) in [5.41, 5.74) is 1.57. The number of fused-ring (bicyclic) bond motifs is 1. The van der Waals surface area contributed by atoms with Crippen molar-refractivity contribution in [2.45, 2.75) is 23.8 Å². The molecule has 0 spiro atoms. The minimum absolute atomic E-state index is 0.238. The van der Waals surface area contributed by atoms with Gasteiger partial charge in [0.05, 0.1) is 5.39 Å². The number of hydrogen-bond acceptors (Lipinski definition) is 5. The lowest BCUT2D eigenvalue weighted by Gasteiger charge is -2.08. The predicted molar refractivity (Wildman–Crippen MR) is 93.2 cm³/mol. The maximum absolute atomic E-state index is 12.4. The molecule has 0 bridgehead atoms. The molecule has 2 aromatic heterocycles. The molecule has 23 heavy (non-hydrogen) atoms. The lowest BCUT2D eigenvalue weighted by atomic mass is 10.1. The average molecular weight is 346 g/mol. The van der Waals surface area contributed by atoms with Crippen LogP contribution in [0.25, 0.3) is 21.3 Å². The zero-order chi connectivity index (χ0) is 16.4. The molecule has 1 unspecified atom stereocenters. The molecule has 2 heterocycles. The Balaban J connectivity index is 2.05. The molecule has 3 rings (SSSR count). The van der Waals surface area contributed by atoms with Gasteiger partial charge in [-0.1, -0.05) is 49.0 Å². The van der Waals surface area contributed by atoms with Crippen LogP contribution in [0, 0.1) is 0 Å². The van der Waals surface area contributed by atoms with E-state index in [2.05, 4.69) is 9.97 Å². The number of thiophene rings is 1. The predicted octanol–water partition coefficient (Wildman–Crippen LogP) is 3.61. The Bertz CT molecular complexity index is 903. The maximum Gasteiger partial charge on any atom is 0.317 e. The summed E-state index contributed by atoms with van der Waals surface area (Å²) in [7, 11) is 0. The van der Waals surface area contributed by atoms with Crippen molar-refractivity contribution in [1.82, 2.24) is 9.97 Å². The Labute approximate surface area is 140 Å². The molecule has 0 saturated heterocycles. The number of aromatic amines is 1. The highest BCUT2D eigenvalue weighted by molar-refractivity contribution is 8.00. The second kappa shape index (κ2) is 6.55. The van der Waals surface area contributed by atoms with E-state index in [1.165, 1.54) is 11.3 Å². The van der Waals surface area contributed by atoms with E-state index in [0.29, 0.717) is 21.8 Å². The Hall–Kier alpha value is -2.12. The fraction of sp³-hybridized carbons (Fsp3) is 0.188. The number of thioether (sulfide) groups is 1. The number of hydrogen-bond donors (Lipinski definition) is 2. The summed E-state index contributed by atoms with van der Waals surface area (Å²) in [6.07, 6.45) is 0.460. The lowest BCUT2D eigenvalue weighted by Crippen LogP contribution is -2.17.